The lowest BCUT2D eigenvalue weighted by molar-refractivity contribution is 0.0929. The molecule has 26 heavy (non-hydrogen) atoms. The first-order valence-electron chi connectivity index (χ1n) is 9.06. The predicted octanol–water partition coefficient (Wildman–Crippen LogP) is 3.79. The van der Waals surface area contributed by atoms with Crippen molar-refractivity contribution in [2.75, 3.05) is 0 Å². The molecule has 0 aliphatic heterocycles. The van der Waals surface area contributed by atoms with E-state index in [9.17, 15) is 4.79 Å². The molecule has 0 aliphatic carbocycles. The zero-order valence-corrected chi connectivity index (χ0v) is 15.0. The number of carbonyl (C=O) groups is 1. The maximum atomic E-state index is 12.6. The van der Waals surface area contributed by atoms with Gasteiger partial charge in [0.05, 0.1) is 12.2 Å². The molecule has 0 unspecified atom stereocenters. The molecule has 0 aliphatic rings. The Balaban J connectivity index is 1.61. The molecular weight excluding hydrogens is 324 g/mol. The van der Waals surface area contributed by atoms with Gasteiger partial charge in [-0.3, -0.25) is 9.48 Å². The van der Waals surface area contributed by atoms with Gasteiger partial charge in [0.1, 0.15) is 0 Å². The number of carbonyl (C=O) groups excluding carboxylic acids is 1. The first-order chi connectivity index (χ1) is 12.8. The van der Waals surface area contributed by atoms with Gasteiger partial charge in [0.25, 0.3) is 5.91 Å². The maximum Gasteiger partial charge on any atom is 0.273 e. The minimum absolute atomic E-state index is 0.0110. The highest BCUT2D eigenvalue weighted by Gasteiger charge is 2.17. The smallest absolute Gasteiger partial charge is 0.273 e. The summed E-state index contributed by atoms with van der Waals surface area (Å²) in [6.45, 7) is 2.81. The van der Waals surface area contributed by atoms with E-state index in [1.165, 1.54) is 5.56 Å². The minimum Gasteiger partial charge on any atom is -0.344 e. The van der Waals surface area contributed by atoms with E-state index in [0.717, 1.165) is 24.8 Å². The van der Waals surface area contributed by atoms with Crippen molar-refractivity contribution in [1.82, 2.24) is 20.3 Å². The molecule has 0 radical (unpaired) electrons. The van der Waals surface area contributed by atoms with E-state index in [0.29, 0.717) is 12.2 Å². The van der Waals surface area contributed by atoms with E-state index in [-0.39, 0.29) is 11.9 Å². The van der Waals surface area contributed by atoms with Crippen molar-refractivity contribution in [3.63, 3.8) is 0 Å². The van der Waals surface area contributed by atoms with Crippen molar-refractivity contribution in [3.05, 3.63) is 83.7 Å². The lowest BCUT2D eigenvalue weighted by Crippen LogP contribution is -2.28. The molecule has 1 amide bonds. The number of amides is 1. The highest BCUT2D eigenvalue weighted by atomic mass is 16.2. The van der Waals surface area contributed by atoms with E-state index in [2.05, 4.69) is 34.7 Å². The van der Waals surface area contributed by atoms with Gasteiger partial charge in [-0.25, -0.2) is 0 Å². The van der Waals surface area contributed by atoms with Crippen LogP contribution in [0.3, 0.4) is 0 Å². The fourth-order valence-electron chi connectivity index (χ4n) is 2.93. The summed E-state index contributed by atoms with van der Waals surface area (Å²) in [5, 5.41) is 11.2. The summed E-state index contributed by atoms with van der Waals surface area (Å²) in [4.78, 5) is 12.6. The van der Waals surface area contributed by atoms with Gasteiger partial charge in [-0.05, 0) is 24.0 Å². The van der Waals surface area contributed by atoms with Gasteiger partial charge in [0.2, 0.25) is 0 Å². The summed E-state index contributed by atoms with van der Waals surface area (Å²) in [5.74, 6) is -0.182. The van der Waals surface area contributed by atoms with Gasteiger partial charge in [0, 0.05) is 6.54 Å². The SMILES string of the molecule is CCC[C@@H](NC(=O)c1cn(CCc2ccccc2)nn1)c1ccccc1. The van der Waals surface area contributed by atoms with Gasteiger partial charge in [0.15, 0.2) is 5.69 Å². The number of hydrogen-bond donors (Lipinski definition) is 1. The molecule has 1 atom stereocenters. The molecule has 3 aromatic rings. The van der Waals surface area contributed by atoms with Gasteiger partial charge in [-0.2, -0.15) is 0 Å². The van der Waals surface area contributed by atoms with Crippen molar-refractivity contribution in [1.29, 1.82) is 0 Å². The van der Waals surface area contributed by atoms with Crippen LogP contribution in [0.15, 0.2) is 66.9 Å². The Bertz CT molecular complexity index is 814. The van der Waals surface area contributed by atoms with Crippen LogP contribution in [0, 0.1) is 0 Å². The summed E-state index contributed by atoms with van der Waals surface area (Å²) in [6, 6.07) is 20.2. The molecule has 0 bridgehead atoms. The first kappa shape index (κ1) is 17.9. The van der Waals surface area contributed by atoms with E-state index < -0.39 is 0 Å². The topological polar surface area (TPSA) is 59.8 Å². The van der Waals surface area contributed by atoms with Crippen molar-refractivity contribution in [2.45, 2.75) is 38.8 Å². The third-order valence-corrected chi connectivity index (χ3v) is 4.33. The Hall–Kier alpha value is -2.95. The molecule has 2 aromatic carbocycles. The third kappa shape index (κ3) is 4.79. The second-order valence-electron chi connectivity index (χ2n) is 6.33. The summed E-state index contributed by atoms with van der Waals surface area (Å²) in [6.07, 6.45) is 4.45. The number of benzene rings is 2. The molecule has 0 saturated carbocycles. The van der Waals surface area contributed by atoms with Gasteiger partial charge in [-0.1, -0.05) is 79.2 Å². The molecule has 3 rings (SSSR count). The van der Waals surface area contributed by atoms with Crippen LogP contribution in [-0.4, -0.2) is 20.9 Å². The molecule has 5 heteroatoms. The zero-order valence-electron chi connectivity index (χ0n) is 15.0. The summed E-state index contributed by atoms with van der Waals surface area (Å²) < 4.78 is 1.72. The largest absolute Gasteiger partial charge is 0.344 e. The van der Waals surface area contributed by atoms with Crippen LogP contribution < -0.4 is 5.32 Å². The number of nitrogens with zero attached hydrogens (tertiary/aromatic N) is 3. The maximum absolute atomic E-state index is 12.6. The van der Waals surface area contributed by atoms with Gasteiger partial charge < -0.3 is 5.32 Å². The molecule has 134 valence electrons. The Morgan fingerprint density at radius 3 is 2.46 bits per heavy atom. The third-order valence-electron chi connectivity index (χ3n) is 4.33. The van der Waals surface area contributed by atoms with Crippen LogP contribution in [0.25, 0.3) is 0 Å². The number of hydrogen-bond acceptors (Lipinski definition) is 3. The number of aryl methyl sites for hydroxylation is 2. The summed E-state index contributed by atoms with van der Waals surface area (Å²) in [5.41, 5.74) is 2.70. The lowest BCUT2D eigenvalue weighted by Gasteiger charge is -2.17. The van der Waals surface area contributed by atoms with E-state index in [4.69, 9.17) is 0 Å². The van der Waals surface area contributed by atoms with Crippen molar-refractivity contribution >= 4 is 5.91 Å². The standard InChI is InChI=1S/C21H24N4O/c1-2-9-19(18-12-7-4-8-13-18)22-21(26)20-16-25(24-23-20)15-14-17-10-5-3-6-11-17/h3-8,10-13,16,19H,2,9,14-15H2,1H3,(H,22,26)/t19-/m1/s1. The van der Waals surface area contributed by atoms with Crippen LogP contribution in [0.1, 0.15) is 47.4 Å². The Kier molecular flexibility index (Phi) is 6.14. The minimum atomic E-state index is -0.182. The fourth-order valence-corrected chi connectivity index (χ4v) is 2.93. The van der Waals surface area contributed by atoms with Crippen LogP contribution in [-0.2, 0) is 13.0 Å². The molecule has 0 fully saturated rings. The second-order valence-corrected chi connectivity index (χ2v) is 6.33. The summed E-state index contributed by atoms with van der Waals surface area (Å²) in [7, 11) is 0. The summed E-state index contributed by atoms with van der Waals surface area (Å²) >= 11 is 0. The molecule has 1 aromatic heterocycles. The van der Waals surface area contributed by atoms with E-state index in [1.807, 2.05) is 48.5 Å². The quantitative estimate of drug-likeness (QED) is 0.674. The van der Waals surface area contributed by atoms with E-state index in [1.54, 1.807) is 10.9 Å². The molecule has 1 heterocycles. The van der Waals surface area contributed by atoms with Gasteiger partial charge in [-0.15, -0.1) is 5.10 Å². The van der Waals surface area contributed by atoms with Crippen LogP contribution in [0.4, 0.5) is 0 Å². The van der Waals surface area contributed by atoms with Crippen LogP contribution >= 0.6 is 0 Å². The van der Waals surface area contributed by atoms with E-state index >= 15 is 0 Å². The molecular formula is C21H24N4O. The van der Waals surface area contributed by atoms with Crippen molar-refractivity contribution in [2.24, 2.45) is 0 Å². The average Bonchev–Trinajstić information content (AvgIpc) is 3.17. The highest BCUT2D eigenvalue weighted by Crippen LogP contribution is 2.18. The zero-order chi connectivity index (χ0) is 18.2. The average molecular weight is 348 g/mol. The highest BCUT2D eigenvalue weighted by molar-refractivity contribution is 5.92. The predicted molar refractivity (Wildman–Crippen MR) is 102 cm³/mol. The number of nitrogens with one attached hydrogen (secondary N) is 1. The Morgan fingerprint density at radius 1 is 1.08 bits per heavy atom. The Labute approximate surface area is 154 Å². The molecule has 1 N–H and O–H groups in total. The lowest BCUT2D eigenvalue weighted by atomic mass is 10.0. The molecule has 0 saturated heterocycles. The fraction of sp³-hybridized carbons (Fsp3) is 0.286. The number of rotatable bonds is 8. The monoisotopic (exact) mass is 348 g/mol. The van der Waals surface area contributed by atoms with Crippen molar-refractivity contribution in [3.8, 4) is 0 Å². The second kappa shape index (κ2) is 8.94. The van der Waals surface area contributed by atoms with Crippen LogP contribution in [0.2, 0.25) is 0 Å². The molecule has 5 nitrogen and oxygen atoms in total. The van der Waals surface area contributed by atoms with Crippen molar-refractivity contribution < 1.29 is 4.79 Å². The molecule has 0 spiro atoms. The first-order valence-corrected chi connectivity index (χ1v) is 9.06. The van der Waals surface area contributed by atoms with Gasteiger partial charge >= 0.3 is 0 Å². The normalized spacial score (nSPS) is 11.9. The Morgan fingerprint density at radius 2 is 1.77 bits per heavy atom. The number of aromatic nitrogens is 3. The van der Waals surface area contributed by atoms with Crippen LogP contribution in [0.5, 0.6) is 0 Å².